The molecular formula is C13H29NO. The molecule has 0 heterocycles. The van der Waals surface area contributed by atoms with Crippen LogP contribution in [0.3, 0.4) is 0 Å². The van der Waals surface area contributed by atoms with Crippen molar-refractivity contribution in [2.75, 3.05) is 26.8 Å². The Labute approximate surface area is 96.0 Å². The number of ether oxygens (including phenoxy) is 1. The van der Waals surface area contributed by atoms with Gasteiger partial charge in [0.15, 0.2) is 0 Å². The largest absolute Gasteiger partial charge is 0.381 e. The molecule has 0 N–H and O–H groups in total. The molecule has 0 bridgehead atoms. The van der Waals surface area contributed by atoms with E-state index < -0.39 is 0 Å². The molecule has 0 saturated carbocycles. The fourth-order valence-electron chi connectivity index (χ4n) is 1.50. The van der Waals surface area contributed by atoms with E-state index >= 15 is 0 Å². The second kappa shape index (κ2) is 10.4. The molecule has 92 valence electrons. The second-order valence-electron chi connectivity index (χ2n) is 4.41. The van der Waals surface area contributed by atoms with Gasteiger partial charge in [-0.1, -0.05) is 26.7 Å². The normalized spacial score (nSPS) is 13.4. The maximum atomic E-state index is 5.57. The van der Waals surface area contributed by atoms with Gasteiger partial charge in [0.1, 0.15) is 0 Å². The van der Waals surface area contributed by atoms with E-state index in [1.54, 1.807) is 0 Å². The van der Waals surface area contributed by atoms with Crippen molar-refractivity contribution in [3.05, 3.63) is 0 Å². The van der Waals surface area contributed by atoms with E-state index in [0.717, 1.165) is 26.2 Å². The quantitative estimate of drug-likeness (QED) is 0.518. The lowest BCUT2D eigenvalue weighted by Crippen LogP contribution is -2.29. The van der Waals surface area contributed by atoms with Gasteiger partial charge in [0.05, 0.1) is 0 Å². The number of hydrogen-bond donors (Lipinski definition) is 0. The first-order chi connectivity index (χ1) is 7.22. The topological polar surface area (TPSA) is 12.5 Å². The zero-order valence-corrected chi connectivity index (χ0v) is 11.1. The Morgan fingerprint density at radius 2 is 1.73 bits per heavy atom. The van der Waals surface area contributed by atoms with Crippen LogP contribution in [0, 0.1) is 0 Å². The van der Waals surface area contributed by atoms with Crippen LogP contribution in [0.15, 0.2) is 0 Å². The highest BCUT2D eigenvalue weighted by atomic mass is 16.5. The summed E-state index contributed by atoms with van der Waals surface area (Å²) in [5.74, 6) is 0. The molecule has 0 aromatic carbocycles. The maximum absolute atomic E-state index is 5.57. The van der Waals surface area contributed by atoms with Crippen molar-refractivity contribution in [1.29, 1.82) is 0 Å². The number of rotatable bonds is 10. The molecule has 15 heavy (non-hydrogen) atoms. The molecule has 0 rings (SSSR count). The molecular weight excluding hydrogens is 186 g/mol. The van der Waals surface area contributed by atoms with E-state index in [1.807, 2.05) is 0 Å². The fourth-order valence-corrected chi connectivity index (χ4v) is 1.50. The molecule has 2 nitrogen and oxygen atoms in total. The van der Waals surface area contributed by atoms with Crippen molar-refractivity contribution < 1.29 is 4.74 Å². The lowest BCUT2D eigenvalue weighted by Gasteiger charge is -2.23. The minimum absolute atomic E-state index is 0.699. The monoisotopic (exact) mass is 215 g/mol. The summed E-state index contributed by atoms with van der Waals surface area (Å²) in [6, 6.07) is 0.699. The molecule has 1 atom stereocenters. The van der Waals surface area contributed by atoms with Crippen LogP contribution in [0.1, 0.15) is 52.9 Å². The minimum Gasteiger partial charge on any atom is -0.381 e. The predicted octanol–water partition coefficient (Wildman–Crippen LogP) is 3.31. The average molecular weight is 215 g/mol. The molecule has 0 aromatic rings. The molecule has 0 radical (unpaired) electrons. The summed E-state index contributed by atoms with van der Waals surface area (Å²) >= 11 is 0. The maximum Gasteiger partial charge on any atom is 0.0478 e. The van der Waals surface area contributed by atoms with Gasteiger partial charge < -0.3 is 9.64 Å². The fraction of sp³-hybridized carbons (Fsp3) is 1.00. The number of hydrogen-bond acceptors (Lipinski definition) is 2. The molecule has 0 spiro atoms. The molecule has 2 heteroatoms. The smallest absolute Gasteiger partial charge is 0.0478 e. The first-order valence-electron chi connectivity index (χ1n) is 6.50. The summed E-state index contributed by atoms with van der Waals surface area (Å²) in [4.78, 5) is 2.41. The van der Waals surface area contributed by atoms with Crippen molar-refractivity contribution in [3.8, 4) is 0 Å². The average Bonchev–Trinajstić information content (AvgIpc) is 2.26. The van der Waals surface area contributed by atoms with Crippen LogP contribution in [-0.4, -0.2) is 37.7 Å². The molecule has 1 unspecified atom stereocenters. The Bertz CT molecular complexity index is 128. The molecule has 0 amide bonds. The van der Waals surface area contributed by atoms with Crippen molar-refractivity contribution in [2.45, 2.75) is 58.9 Å². The third-order valence-electron chi connectivity index (χ3n) is 3.03. The van der Waals surface area contributed by atoms with E-state index in [2.05, 4.69) is 32.7 Å². The van der Waals surface area contributed by atoms with Crippen molar-refractivity contribution >= 4 is 0 Å². The number of unbranched alkanes of at least 4 members (excludes halogenated alkanes) is 2. The zero-order valence-electron chi connectivity index (χ0n) is 11.1. The van der Waals surface area contributed by atoms with Gasteiger partial charge in [-0.05, 0) is 33.2 Å². The standard InChI is InChI=1S/C13H29NO/c1-5-7-8-11-15-12-9-10-14(4)13(3)6-2/h13H,5-12H2,1-4H3. The Morgan fingerprint density at radius 3 is 2.33 bits per heavy atom. The van der Waals surface area contributed by atoms with Gasteiger partial charge >= 0.3 is 0 Å². The summed E-state index contributed by atoms with van der Waals surface area (Å²) in [7, 11) is 2.20. The molecule has 0 fully saturated rings. The van der Waals surface area contributed by atoms with Gasteiger partial charge in [-0.25, -0.2) is 0 Å². The molecule has 0 aliphatic rings. The molecule has 0 saturated heterocycles. The lowest BCUT2D eigenvalue weighted by molar-refractivity contribution is 0.115. The van der Waals surface area contributed by atoms with Crippen LogP contribution in [0.25, 0.3) is 0 Å². The third kappa shape index (κ3) is 8.88. The van der Waals surface area contributed by atoms with Crippen LogP contribution >= 0.6 is 0 Å². The summed E-state index contributed by atoms with van der Waals surface area (Å²) in [5, 5.41) is 0. The van der Waals surface area contributed by atoms with Gasteiger partial charge in [0.25, 0.3) is 0 Å². The first-order valence-corrected chi connectivity index (χ1v) is 6.50. The summed E-state index contributed by atoms with van der Waals surface area (Å²) in [5.41, 5.74) is 0. The number of nitrogens with zero attached hydrogens (tertiary/aromatic N) is 1. The van der Waals surface area contributed by atoms with Gasteiger partial charge in [-0.15, -0.1) is 0 Å². The van der Waals surface area contributed by atoms with Gasteiger partial charge in [0.2, 0.25) is 0 Å². The lowest BCUT2D eigenvalue weighted by atomic mass is 10.2. The zero-order chi connectivity index (χ0) is 11.5. The van der Waals surface area contributed by atoms with Gasteiger partial charge in [0, 0.05) is 25.8 Å². The first kappa shape index (κ1) is 14.9. The second-order valence-corrected chi connectivity index (χ2v) is 4.41. The highest BCUT2D eigenvalue weighted by Gasteiger charge is 2.05. The highest BCUT2D eigenvalue weighted by Crippen LogP contribution is 2.01. The van der Waals surface area contributed by atoms with Crippen LogP contribution in [0.5, 0.6) is 0 Å². The van der Waals surface area contributed by atoms with E-state index in [9.17, 15) is 0 Å². The van der Waals surface area contributed by atoms with E-state index in [4.69, 9.17) is 4.74 Å². The predicted molar refractivity (Wildman–Crippen MR) is 67.3 cm³/mol. The van der Waals surface area contributed by atoms with Crippen molar-refractivity contribution in [3.63, 3.8) is 0 Å². The van der Waals surface area contributed by atoms with Crippen LogP contribution in [0.4, 0.5) is 0 Å². The Kier molecular flexibility index (Phi) is 10.4. The molecule has 0 aliphatic carbocycles. The van der Waals surface area contributed by atoms with Crippen LogP contribution in [-0.2, 0) is 4.74 Å². The summed E-state index contributed by atoms with van der Waals surface area (Å²) in [6.45, 7) is 9.76. The van der Waals surface area contributed by atoms with Crippen LogP contribution < -0.4 is 0 Å². The highest BCUT2D eigenvalue weighted by molar-refractivity contribution is 4.60. The summed E-state index contributed by atoms with van der Waals surface area (Å²) in [6.07, 6.45) is 6.19. The van der Waals surface area contributed by atoms with Crippen LogP contribution in [0.2, 0.25) is 0 Å². The van der Waals surface area contributed by atoms with Crippen molar-refractivity contribution in [2.24, 2.45) is 0 Å². The SMILES string of the molecule is CCCCCOCCCN(C)C(C)CC. The Hall–Kier alpha value is -0.0800. The summed E-state index contributed by atoms with van der Waals surface area (Å²) < 4.78 is 5.57. The Morgan fingerprint density at radius 1 is 1.07 bits per heavy atom. The van der Waals surface area contributed by atoms with E-state index in [1.165, 1.54) is 25.7 Å². The molecule has 0 aliphatic heterocycles. The molecule has 0 aromatic heterocycles. The third-order valence-corrected chi connectivity index (χ3v) is 3.03. The van der Waals surface area contributed by atoms with Gasteiger partial charge in [-0.3, -0.25) is 0 Å². The van der Waals surface area contributed by atoms with E-state index in [0.29, 0.717) is 6.04 Å². The minimum atomic E-state index is 0.699. The van der Waals surface area contributed by atoms with Gasteiger partial charge in [-0.2, -0.15) is 0 Å². The Balaban J connectivity index is 3.16. The van der Waals surface area contributed by atoms with E-state index in [-0.39, 0.29) is 0 Å². The van der Waals surface area contributed by atoms with Crippen molar-refractivity contribution in [1.82, 2.24) is 4.90 Å².